The zero-order valence-electron chi connectivity index (χ0n) is 11.3. The van der Waals surface area contributed by atoms with Crippen LogP contribution < -0.4 is 5.32 Å². The molecule has 0 radical (unpaired) electrons. The molecule has 0 aromatic heterocycles. The van der Waals surface area contributed by atoms with Crippen molar-refractivity contribution in [1.82, 2.24) is 10.2 Å². The zero-order chi connectivity index (χ0) is 13.5. The Bertz CT molecular complexity index is 395. The molecule has 0 atom stereocenters. The van der Waals surface area contributed by atoms with Crippen molar-refractivity contribution in [3.63, 3.8) is 0 Å². The highest BCUT2D eigenvalue weighted by molar-refractivity contribution is 5.74. The Hall–Kier alpha value is -1.71. The van der Waals surface area contributed by atoms with Gasteiger partial charge in [0.2, 0.25) is 0 Å². The first-order chi connectivity index (χ1) is 9.25. The lowest BCUT2D eigenvalue weighted by atomic mass is 10.1. The third-order valence-corrected chi connectivity index (χ3v) is 3.52. The summed E-state index contributed by atoms with van der Waals surface area (Å²) in [7, 11) is 0. The monoisotopic (exact) mass is 262 g/mol. The Morgan fingerprint density at radius 2 is 1.74 bits per heavy atom. The number of urea groups is 1. The Morgan fingerprint density at radius 3 is 2.37 bits per heavy atom. The van der Waals surface area contributed by atoms with E-state index in [4.69, 9.17) is 0 Å². The van der Waals surface area contributed by atoms with Gasteiger partial charge in [0.15, 0.2) is 0 Å². The zero-order valence-corrected chi connectivity index (χ0v) is 11.3. The Kier molecular flexibility index (Phi) is 5.07. The molecule has 1 fully saturated rings. The third-order valence-electron chi connectivity index (χ3n) is 3.52. The highest BCUT2D eigenvalue weighted by Gasteiger charge is 2.14. The molecule has 0 spiro atoms. The standard InChI is InChI=1S/C15H22N2O2/c18-14-7-5-13(6-8-14)9-10-16-15(19)17-11-3-1-2-4-12-17/h5-8,18H,1-4,9-12H2,(H,16,19). The van der Waals surface area contributed by atoms with Crippen LogP contribution in [0.5, 0.6) is 5.75 Å². The number of carbonyl (C=O) groups is 1. The maximum Gasteiger partial charge on any atom is 0.317 e. The molecule has 1 aliphatic heterocycles. The highest BCUT2D eigenvalue weighted by Crippen LogP contribution is 2.11. The molecule has 2 N–H and O–H groups in total. The van der Waals surface area contributed by atoms with Crippen molar-refractivity contribution in [3.05, 3.63) is 29.8 Å². The summed E-state index contributed by atoms with van der Waals surface area (Å²) in [6.07, 6.45) is 5.49. The lowest BCUT2D eigenvalue weighted by molar-refractivity contribution is 0.200. The maximum absolute atomic E-state index is 12.0. The number of phenols is 1. The number of nitrogens with zero attached hydrogens (tertiary/aromatic N) is 1. The summed E-state index contributed by atoms with van der Waals surface area (Å²) in [5.74, 6) is 0.275. The van der Waals surface area contributed by atoms with E-state index in [0.717, 1.165) is 37.9 Å². The van der Waals surface area contributed by atoms with Crippen LogP contribution in [0.4, 0.5) is 4.79 Å². The molecule has 104 valence electrons. The second-order valence-corrected chi connectivity index (χ2v) is 5.05. The number of likely N-dealkylation sites (tertiary alicyclic amines) is 1. The quantitative estimate of drug-likeness (QED) is 0.879. The van der Waals surface area contributed by atoms with E-state index in [9.17, 15) is 9.90 Å². The van der Waals surface area contributed by atoms with Crippen LogP contribution in [0, 0.1) is 0 Å². The summed E-state index contributed by atoms with van der Waals surface area (Å²) in [6, 6.07) is 7.17. The van der Waals surface area contributed by atoms with Gasteiger partial charge in [-0.25, -0.2) is 4.79 Å². The van der Waals surface area contributed by atoms with E-state index in [1.54, 1.807) is 12.1 Å². The fourth-order valence-electron chi connectivity index (χ4n) is 2.36. The third kappa shape index (κ3) is 4.47. The molecule has 0 unspecified atom stereocenters. The Morgan fingerprint density at radius 1 is 1.11 bits per heavy atom. The van der Waals surface area contributed by atoms with Crippen LogP contribution in [0.25, 0.3) is 0 Å². The first-order valence-electron chi connectivity index (χ1n) is 7.06. The normalized spacial score (nSPS) is 15.9. The van der Waals surface area contributed by atoms with Crippen LogP contribution in [0.3, 0.4) is 0 Å². The van der Waals surface area contributed by atoms with Crippen LogP contribution in [0.2, 0.25) is 0 Å². The predicted molar refractivity (Wildman–Crippen MR) is 75.3 cm³/mol. The number of phenolic OH excluding ortho intramolecular Hbond substituents is 1. The first kappa shape index (κ1) is 13.7. The van der Waals surface area contributed by atoms with Crippen LogP contribution in [-0.4, -0.2) is 35.7 Å². The minimum atomic E-state index is 0.0562. The molecule has 1 saturated heterocycles. The number of aromatic hydroxyl groups is 1. The average molecular weight is 262 g/mol. The predicted octanol–water partition coefficient (Wildman–Crippen LogP) is 2.52. The highest BCUT2D eigenvalue weighted by atomic mass is 16.3. The number of hydrogen-bond donors (Lipinski definition) is 2. The van der Waals surface area contributed by atoms with Gasteiger partial charge in [0, 0.05) is 19.6 Å². The molecule has 0 bridgehead atoms. The van der Waals surface area contributed by atoms with E-state index < -0.39 is 0 Å². The van der Waals surface area contributed by atoms with Crippen molar-refractivity contribution >= 4 is 6.03 Å². The van der Waals surface area contributed by atoms with E-state index in [0.29, 0.717) is 6.54 Å². The minimum absolute atomic E-state index is 0.0562. The maximum atomic E-state index is 12.0. The molecule has 1 aromatic carbocycles. The van der Waals surface area contributed by atoms with Crippen LogP contribution in [0.15, 0.2) is 24.3 Å². The number of carbonyl (C=O) groups excluding carboxylic acids is 1. The van der Waals surface area contributed by atoms with Crippen LogP contribution in [-0.2, 0) is 6.42 Å². The van der Waals surface area contributed by atoms with E-state index in [1.807, 2.05) is 17.0 Å². The van der Waals surface area contributed by atoms with Crippen molar-refractivity contribution in [1.29, 1.82) is 0 Å². The average Bonchev–Trinajstić information content (AvgIpc) is 2.70. The second kappa shape index (κ2) is 7.02. The number of amides is 2. The van der Waals surface area contributed by atoms with Crippen molar-refractivity contribution < 1.29 is 9.90 Å². The summed E-state index contributed by atoms with van der Waals surface area (Å²) in [6.45, 7) is 2.40. The molecule has 1 heterocycles. The van der Waals surface area contributed by atoms with Gasteiger partial charge in [-0.2, -0.15) is 0 Å². The van der Waals surface area contributed by atoms with Crippen LogP contribution in [0.1, 0.15) is 31.2 Å². The summed E-state index contributed by atoms with van der Waals surface area (Å²) >= 11 is 0. The molecule has 1 aromatic rings. The largest absolute Gasteiger partial charge is 0.508 e. The van der Waals surface area contributed by atoms with Crippen molar-refractivity contribution in [2.24, 2.45) is 0 Å². The smallest absolute Gasteiger partial charge is 0.317 e. The fraction of sp³-hybridized carbons (Fsp3) is 0.533. The van der Waals surface area contributed by atoms with Crippen molar-refractivity contribution in [3.8, 4) is 5.75 Å². The number of hydrogen-bond acceptors (Lipinski definition) is 2. The van der Waals surface area contributed by atoms with Gasteiger partial charge in [0.05, 0.1) is 0 Å². The minimum Gasteiger partial charge on any atom is -0.508 e. The van der Waals surface area contributed by atoms with Crippen molar-refractivity contribution in [2.45, 2.75) is 32.1 Å². The molecule has 4 nitrogen and oxygen atoms in total. The van der Waals surface area contributed by atoms with Gasteiger partial charge in [-0.1, -0.05) is 25.0 Å². The van der Waals surface area contributed by atoms with E-state index in [-0.39, 0.29) is 11.8 Å². The number of benzene rings is 1. The molecule has 2 rings (SSSR count). The van der Waals surface area contributed by atoms with Crippen molar-refractivity contribution in [2.75, 3.05) is 19.6 Å². The molecule has 0 saturated carbocycles. The van der Waals surface area contributed by atoms with E-state index >= 15 is 0 Å². The molecule has 4 heteroatoms. The number of nitrogens with one attached hydrogen (secondary N) is 1. The van der Waals surface area contributed by atoms with Gasteiger partial charge in [-0.05, 0) is 37.0 Å². The summed E-state index contributed by atoms with van der Waals surface area (Å²) < 4.78 is 0. The van der Waals surface area contributed by atoms with Gasteiger partial charge in [-0.15, -0.1) is 0 Å². The van der Waals surface area contributed by atoms with Gasteiger partial charge >= 0.3 is 6.03 Å². The molecular formula is C15H22N2O2. The Labute approximate surface area is 114 Å². The first-order valence-corrected chi connectivity index (χ1v) is 7.06. The van der Waals surface area contributed by atoms with E-state index in [2.05, 4.69) is 5.32 Å². The van der Waals surface area contributed by atoms with E-state index in [1.165, 1.54) is 12.8 Å². The molecule has 2 amide bonds. The van der Waals surface area contributed by atoms with Crippen LogP contribution >= 0.6 is 0 Å². The lowest BCUT2D eigenvalue weighted by Gasteiger charge is -2.20. The SMILES string of the molecule is O=C(NCCc1ccc(O)cc1)N1CCCCCC1. The van der Waals surface area contributed by atoms with Gasteiger partial charge in [-0.3, -0.25) is 0 Å². The fourth-order valence-corrected chi connectivity index (χ4v) is 2.36. The molecule has 1 aliphatic rings. The van der Waals surface area contributed by atoms with Gasteiger partial charge < -0.3 is 15.3 Å². The molecular weight excluding hydrogens is 240 g/mol. The second-order valence-electron chi connectivity index (χ2n) is 5.05. The Balaban J connectivity index is 1.72. The lowest BCUT2D eigenvalue weighted by Crippen LogP contribution is -2.41. The molecule has 19 heavy (non-hydrogen) atoms. The summed E-state index contributed by atoms with van der Waals surface area (Å²) in [5.41, 5.74) is 1.12. The van der Waals surface area contributed by atoms with Gasteiger partial charge in [0.25, 0.3) is 0 Å². The molecule has 0 aliphatic carbocycles. The topological polar surface area (TPSA) is 52.6 Å². The summed E-state index contributed by atoms with van der Waals surface area (Å²) in [4.78, 5) is 13.9. The summed E-state index contributed by atoms with van der Waals surface area (Å²) in [5, 5.41) is 12.2. The van der Waals surface area contributed by atoms with Gasteiger partial charge in [0.1, 0.15) is 5.75 Å². The number of rotatable bonds is 3.